The van der Waals surface area contributed by atoms with Gasteiger partial charge in [0.1, 0.15) is 0 Å². The standard InChI is InChI=1S/C16H30N4O2/c1-2-18-15(21)13-19-9-11-20(12-10-19)16(22)4-3-14-5-7-17-8-6-14/h14,17H,2-13H2,1H3,(H,18,21). The van der Waals surface area contributed by atoms with E-state index in [1.807, 2.05) is 11.8 Å². The second kappa shape index (κ2) is 9.10. The summed E-state index contributed by atoms with van der Waals surface area (Å²) in [6, 6.07) is 0. The first-order chi connectivity index (χ1) is 10.7. The molecule has 2 aliphatic heterocycles. The van der Waals surface area contributed by atoms with E-state index in [4.69, 9.17) is 0 Å². The quantitative estimate of drug-likeness (QED) is 0.727. The number of likely N-dealkylation sites (N-methyl/N-ethyl adjacent to an activating group) is 1. The van der Waals surface area contributed by atoms with Crippen molar-refractivity contribution < 1.29 is 9.59 Å². The Hall–Kier alpha value is -1.14. The molecule has 2 fully saturated rings. The fourth-order valence-electron chi connectivity index (χ4n) is 3.27. The Morgan fingerprint density at radius 1 is 1.14 bits per heavy atom. The molecule has 0 atom stereocenters. The summed E-state index contributed by atoms with van der Waals surface area (Å²) in [7, 11) is 0. The molecule has 2 heterocycles. The van der Waals surface area contributed by atoms with Crippen LogP contribution in [-0.4, -0.2) is 74.0 Å². The molecule has 0 aromatic rings. The zero-order valence-electron chi connectivity index (χ0n) is 13.8. The molecule has 2 saturated heterocycles. The molecule has 0 radical (unpaired) electrons. The van der Waals surface area contributed by atoms with Gasteiger partial charge in [0.2, 0.25) is 11.8 Å². The van der Waals surface area contributed by atoms with Crippen LogP contribution in [0.2, 0.25) is 0 Å². The number of carbonyl (C=O) groups is 2. The molecule has 2 amide bonds. The third-order valence-electron chi connectivity index (χ3n) is 4.69. The number of hydrogen-bond donors (Lipinski definition) is 2. The minimum Gasteiger partial charge on any atom is -0.355 e. The highest BCUT2D eigenvalue weighted by molar-refractivity contribution is 5.78. The molecule has 6 nitrogen and oxygen atoms in total. The summed E-state index contributed by atoms with van der Waals surface area (Å²) < 4.78 is 0. The van der Waals surface area contributed by atoms with E-state index >= 15 is 0 Å². The maximum Gasteiger partial charge on any atom is 0.234 e. The summed E-state index contributed by atoms with van der Waals surface area (Å²) in [6.07, 6.45) is 4.11. The Kier molecular flexibility index (Phi) is 7.12. The highest BCUT2D eigenvalue weighted by atomic mass is 16.2. The molecule has 2 N–H and O–H groups in total. The lowest BCUT2D eigenvalue weighted by Crippen LogP contribution is -2.51. The molecular formula is C16H30N4O2. The van der Waals surface area contributed by atoms with Crippen molar-refractivity contribution >= 4 is 11.8 Å². The molecule has 0 unspecified atom stereocenters. The fourth-order valence-corrected chi connectivity index (χ4v) is 3.27. The molecule has 126 valence electrons. The van der Waals surface area contributed by atoms with E-state index in [2.05, 4.69) is 15.5 Å². The van der Waals surface area contributed by atoms with E-state index in [0.29, 0.717) is 25.4 Å². The average Bonchev–Trinajstić information content (AvgIpc) is 2.54. The van der Waals surface area contributed by atoms with Gasteiger partial charge in [-0.3, -0.25) is 14.5 Å². The topological polar surface area (TPSA) is 64.7 Å². The van der Waals surface area contributed by atoms with Gasteiger partial charge < -0.3 is 15.5 Å². The van der Waals surface area contributed by atoms with Crippen LogP contribution in [0, 0.1) is 5.92 Å². The van der Waals surface area contributed by atoms with Crippen molar-refractivity contribution in [3.05, 3.63) is 0 Å². The lowest BCUT2D eigenvalue weighted by molar-refractivity contribution is -0.133. The molecule has 0 aromatic heterocycles. The van der Waals surface area contributed by atoms with Crippen molar-refractivity contribution in [2.75, 3.05) is 52.4 Å². The van der Waals surface area contributed by atoms with Crippen molar-refractivity contribution in [2.45, 2.75) is 32.6 Å². The minimum atomic E-state index is 0.0770. The first kappa shape index (κ1) is 17.2. The lowest BCUT2D eigenvalue weighted by Gasteiger charge is -2.34. The van der Waals surface area contributed by atoms with E-state index in [-0.39, 0.29) is 11.8 Å². The largest absolute Gasteiger partial charge is 0.355 e. The maximum atomic E-state index is 12.3. The van der Waals surface area contributed by atoms with Gasteiger partial charge in [-0.05, 0) is 45.2 Å². The Bertz CT molecular complexity index is 361. The molecule has 0 spiro atoms. The van der Waals surface area contributed by atoms with Crippen molar-refractivity contribution in [3.8, 4) is 0 Å². The SMILES string of the molecule is CCNC(=O)CN1CCN(C(=O)CCC2CCNCC2)CC1. The molecule has 6 heteroatoms. The van der Waals surface area contributed by atoms with Crippen LogP contribution in [0.3, 0.4) is 0 Å². The van der Waals surface area contributed by atoms with Gasteiger partial charge in [0.25, 0.3) is 0 Å². The van der Waals surface area contributed by atoms with E-state index < -0.39 is 0 Å². The van der Waals surface area contributed by atoms with Gasteiger partial charge in [0.15, 0.2) is 0 Å². The predicted octanol–water partition coefficient (Wildman–Crippen LogP) is 0.0465. The Morgan fingerprint density at radius 3 is 2.45 bits per heavy atom. The van der Waals surface area contributed by atoms with Crippen LogP contribution < -0.4 is 10.6 Å². The van der Waals surface area contributed by atoms with Crippen molar-refractivity contribution in [3.63, 3.8) is 0 Å². The van der Waals surface area contributed by atoms with E-state index in [1.165, 1.54) is 12.8 Å². The number of piperidine rings is 1. The van der Waals surface area contributed by atoms with Gasteiger partial charge in [-0.2, -0.15) is 0 Å². The Balaban J connectivity index is 1.63. The van der Waals surface area contributed by atoms with Gasteiger partial charge in [0, 0.05) is 39.1 Å². The highest BCUT2D eigenvalue weighted by Crippen LogP contribution is 2.18. The molecule has 2 aliphatic rings. The van der Waals surface area contributed by atoms with Gasteiger partial charge in [-0.25, -0.2) is 0 Å². The number of carbonyl (C=O) groups excluding carboxylic acids is 2. The summed E-state index contributed by atoms with van der Waals surface area (Å²) in [5, 5.41) is 6.18. The number of amides is 2. The zero-order chi connectivity index (χ0) is 15.8. The summed E-state index contributed by atoms with van der Waals surface area (Å²) in [4.78, 5) is 27.9. The van der Waals surface area contributed by atoms with E-state index in [9.17, 15) is 9.59 Å². The summed E-state index contributed by atoms with van der Waals surface area (Å²) in [6.45, 7) is 8.35. The van der Waals surface area contributed by atoms with Crippen LogP contribution in [0.25, 0.3) is 0 Å². The van der Waals surface area contributed by atoms with Crippen LogP contribution in [0.5, 0.6) is 0 Å². The highest BCUT2D eigenvalue weighted by Gasteiger charge is 2.23. The molecule has 0 saturated carbocycles. The third kappa shape index (κ3) is 5.57. The van der Waals surface area contributed by atoms with Crippen LogP contribution in [0.4, 0.5) is 0 Å². The molecule has 0 aromatic carbocycles. The molecule has 2 rings (SSSR count). The van der Waals surface area contributed by atoms with Crippen LogP contribution in [0.1, 0.15) is 32.6 Å². The zero-order valence-corrected chi connectivity index (χ0v) is 13.8. The lowest BCUT2D eigenvalue weighted by atomic mass is 9.93. The average molecular weight is 310 g/mol. The normalized spacial score (nSPS) is 20.9. The first-order valence-corrected chi connectivity index (χ1v) is 8.66. The van der Waals surface area contributed by atoms with Gasteiger partial charge in [0.05, 0.1) is 6.54 Å². The molecule has 22 heavy (non-hydrogen) atoms. The summed E-state index contributed by atoms with van der Waals surface area (Å²) in [5.41, 5.74) is 0. The molecule has 0 aliphatic carbocycles. The number of nitrogens with zero attached hydrogens (tertiary/aromatic N) is 2. The second-order valence-electron chi connectivity index (χ2n) is 6.34. The monoisotopic (exact) mass is 310 g/mol. The van der Waals surface area contributed by atoms with Gasteiger partial charge in [-0.15, -0.1) is 0 Å². The third-order valence-corrected chi connectivity index (χ3v) is 4.69. The minimum absolute atomic E-state index is 0.0770. The van der Waals surface area contributed by atoms with Crippen LogP contribution in [-0.2, 0) is 9.59 Å². The number of hydrogen-bond acceptors (Lipinski definition) is 4. The van der Waals surface area contributed by atoms with E-state index in [0.717, 1.165) is 45.7 Å². The fraction of sp³-hybridized carbons (Fsp3) is 0.875. The van der Waals surface area contributed by atoms with Crippen molar-refractivity contribution in [2.24, 2.45) is 5.92 Å². The van der Waals surface area contributed by atoms with Crippen molar-refractivity contribution in [1.82, 2.24) is 20.4 Å². The summed E-state index contributed by atoms with van der Waals surface area (Å²) >= 11 is 0. The molecular weight excluding hydrogens is 280 g/mol. The van der Waals surface area contributed by atoms with E-state index in [1.54, 1.807) is 0 Å². The van der Waals surface area contributed by atoms with Crippen molar-refractivity contribution in [1.29, 1.82) is 0 Å². The smallest absolute Gasteiger partial charge is 0.234 e. The first-order valence-electron chi connectivity index (χ1n) is 8.66. The number of piperazine rings is 1. The second-order valence-corrected chi connectivity index (χ2v) is 6.34. The van der Waals surface area contributed by atoms with Gasteiger partial charge in [-0.1, -0.05) is 0 Å². The number of nitrogens with one attached hydrogen (secondary N) is 2. The van der Waals surface area contributed by atoms with Crippen LogP contribution >= 0.6 is 0 Å². The van der Waals surface area contributed by atoms with Crippen LogP contribution in [0.15, 0.2) is 0 Å². The van der Waals surface area contributed by atoms with Gasteiger partial charge >= 0.3 is 0 Å². The Labute approximate surface area is 133 Å². The number of rotatable bonds is 6. The predicted molar refractivity (Wildman–Crippen MR) is 86.5 cm³/mol. The maximum absolute atomic E-state index is 12.3. The summed E-state index contributed by atoms with van der Waals surface area (Å²) in [5.74, 6) is 1.08. The molecule has 0 bridgehead atoms. The Morgan fingerprint density at radius 2 is 1.82 bits per heavy atom.